The Balaban J connectivity index is 2.01. The van der Waals surface area contributed by atoms with Crippen molar-refractivity contribution in [3.63, 3.8) is 0 Å². The number of carbonyl (C=O) groups excluding carboxylic acids is 1. The van der Waals surface area contributed by atoms with Crippen molar-refractivity contribution < 1.29 is 23.8 Å². The third-order valence-electron chi connectivity index (χ3n) is 5.38. The largest absolute Gasteiger partial charge is 0.489 e. The number of rotatable bonds is 8. The summed E-state index contributed by atoms with van der Waals surface area (Å²) in [5, 5.41) is 9.14. The summed E-state index contributed by atoms with van der Waals surface area (Å²) in [4.78, 5) is 24.6. The van der Waals surface area contributed by atoms with Crippen molar-refractivity contribution in [2.24, 2.45) is 5.73 Å². The number of hydrogen-bond acceptors (Lipinski definition) is 4. The number of carboxylic acids is 1. The van der Waals surface area contributed by atoms with Gasteiger partial charge in [0, 0.05) is 42.4 Å². The second-order valence-electron chi connectivity index (χ2n) is 7.93. The van der Waals surface area contributed by atoms with E-state index >= 15 is 4.39 Å². The Morgan fingerprint density at radius 3 is 2.52 bits per heavy atom. The van der Waals surface area contributed by atoms with Crippen LogP contribution in [0.4, 0.5) is 10.1 Å². The van der Waals surface area contributed by atoms with Crippen LogP contribution in [0.1, 0.15) is 36.6 Å². The lowest BCUT2D eigenvalue weighted by Crippen LogP contribution is -2.23. The first-order valence-electron chi connectivity index (χ1n) is 10.5. The number of halogens is 1. The molecule has 0 aliphatic carbocycles. The molecule has 33 heavy (non-hydrogen) atoms. The molecule has 0 heterocycles. The predicted molar refractivity (Wildman–Crippen MR) is 126 cm³/mol. The topological polar surface area (TPSA) is 92.9 Å². The number of amides is 1. The smallest absolute Gasteiger partial charge is 0.307 e. The van der Waals surface area contributed by atoms with Gasteiger partial charge in [-0.25, -0.2) is 4.39 Å². The zero-order valence-corrected chi connectivity index (χ0v) is 18.8. The Morgan fingerprint density at radius 1 is 1.12 bits per heavy atom. The van der Waals surface area contributed by atoms with Gasteiger partial charge in [0.2, 0.25) is 5.91 Å². The van der Waals surface area contributed by atoms with Gasteiger partial charge in [-0.1, -0.05) is 36.4 Å². The molecule has 0 aliphatic heterocycles. The standard InChI is InChI=1S/C26H27FN2O4/c1-16(28)22-8-6-9-23(26(22)27)20-11-18(12-21(13-20)29(3)17(2)30)15-33-24-10-5-4-7-19(24)14-25(31)32/h4-13,16H,14-15,28H2,1-3H3,(H,31,32)/t16-/m1/s1. The van der Waals surface area contributed by atoms with Gasteiger partial charge in [0.15, 0.2) is 0 Å². The van der Waals surface area contributed by atoms with E-state index in [1.165, 1.54) is 11.8 Å². The van der Waals surface area contributed by atoms with Crippen LogP contribution in [-0.4, -0.2) is 24.0 Å². The number of carboxylic acid groups (broad SMARTS) is 1. The molecule has 0 fully saturated rings. The molecular formula is C26H27FN2O4. The summed E-state index contributed by atoms with van der Waals surface area (Å²) >= 11 is 0. The van der Waals surface area contributed by atoms with E-state index in [1.807, 2.05) is 0 Å². The van der Waals surface area contributed by atoms with Gasteiger partial charge in [-0.2, -0.15) is 0 Å². The first-order valence-corrected chi connectivity index (χ1v) is 10.5. The quantitative estimate of drug-likeness (QED) is 0.519. The Kier molecular flexibility index (Phi) is 7.45. The lowest BCUT2D eigenvalue weighted by atomic mass is 9.97. The van der Waals surface area contributed by atoms with Crippen molar-refractivity contribution in [3.8, 4) is 16.9 Å². The van der Waals surface area contributed by atoms with E-state index in [4.69, 9.17) is 15.6 Å². The summed E-state index contributed by atoms with van der Waals surface area (Å²) < 4.78 is 21.1. The average Bonchev–Trinajstić information content (AvgIpc) is 2.77. The Labute approximate surface area is 192 Å². The zero-order valence-electron chi connectivity index (χ0n) is 18.8. The van der Waals surface area contributed by atoms with Crippen LogP contribution >= 0.6 is 0 Å². The van der Waals surface area contributed by atoms with Crippen molar-refractivity contribution >= 4 is 17.6 Å². The number of benzene rings is 3. The molecule has 0 bridgehead atoms. The van der Waals surface area contributed by atoms with E-state index < -0.39 is 17.8 Å². The van der Waals surface area contributed by atoms with Crippen molar-refractivity contribution in [1.29, 1.82) is 0 Å². The van der Waals surface area contributed by atoms with Crippen LogP contribution in [0.2, 0.25) is 0 Å². The number of hydrogen-bond donors (Lipinski definition) is 2. The number of ether oxygens (including phenoxy) is 1. The minimum absolute atomic E-state index is 0.109. The molecule has 1 amide bonds. The maximum atomic E-state index is 15.2. The van der Waals surface area contributed by atoms with Crippen LogP contribution in [-0.2, 0) is 22.6 Å². The highest BCUT2D eigenvalue weighted by molar-refractivity contribution is 5.92. The summed E-state index contributed by atoms with van der Waals surface area (Å²) in [5.41, 5.74) is 9.11. The molecule has 3 aromatic carbocycles. The Hall–Kier alpha value is -3.71. The molecule has 0 spiro atoms. The van der Waals surface area contributed by atoms with Gasteiger partial charge in [-0.05, 0) is 42.3 Å². The monoisotopic (exact) mass is 450 g/mol. The Bertz CT molecular complexity index is 1180. The van der Waals surface area contributed by atoms with E-state index in [2.05, 4.69) is 0 Å². The number of nitrogens with two attached hydrogens (primary N) is 1. The summed E-state index contributed by atoms with van der Waals surface area (Å²) in [6.07, 6.45) is -0.163. The fourth-order valence-electron chi connectivity index (χ4n) is 3.53. The zero-order chi connectivity index (χ0) is 24.1. The fourth-order valence-corrected chi connectivity index (χ4v) is 3.53. The number of carbonyl (C=O) groups is 2. The fraction of sp³-hybridized carbons (Fsp3) is 0.231. The molecule has 0 radical (unpaired) electrons. The van der Waals surface area contributed by atoms with Gasteiger partial charge in [-0.3, -0.25) is 9.59 Å². The van der Waals surface area contributed by atoms with Crippen LogP contribution < -0.4 is 15.4 Å². The van der Waals surface area contributed by atoms with Crippen molar-refractivity contribution in [2.45, 2.75) is 32.9 Å². The highest BCUT2D eigenvalue weighted by Gasteiger charge is 2.16. The van der Waals surface area contributed by atoms with Gasteiger partial charge in [0.25, 0.3) is 0 Å². The number of anilines is 1. The van der Waals surface area contributed by atoms with E-state index in [-0.39, 0.29) is 18.9 Å². The molecule has 1 atom stereocenters. The minimum atomic E-state index is -0.956. The van der Waals surface area contributed by atoms with Crippen LogP contribution in [0.3, 0.4) is 0 Å². The lowest BCUT2D eigenvalue weighted by Gasteiger charge is -2.19. The van der Waals surface area contributed by atoms with Gasteiger partial charge in [0.1, 0.15) is 18.2 Å². The van der Waals surface area contributed by atoms with Crippen molar-refractivity contribution in [2.75, 3.05) is 11.9 Å². The van der Waals surface area contributed by atoms with Crippen LogP contribution in [0, 0.1) is 5.82 Å². The number of nitrogens with zero attached hydrogens (tertiary/aromatic N) is 1. The second-order valence-corrected chi connectivity index (χ2v) is 7.93. The van der Waals surface area contributed by atoms with Crippen molar-refractivity contribution in [1.82, 2.24) is 0 Å². The first-order chi connectivity index (χ1) is 15.7. The van der Waals surface area contributed by atoms with Crippen LogP contribution in [0.5, 0.6) is 5.75 Å². The average molecular weight is 451 g/mol. The summed E-state index contributed by atoms with van der Waals surface area (Å²) in [7, 11) is 1.64. The third-order valence-corrected chi connectivity index (χ3v) is 5.38. The van der Waals surface area contributed by atoms with Gasteiger partial charge < -0.3 is 20.5 Å². The number of para-hydroxylation sites is 1. The lowest BCUT2D eigenvalue weighted by molar-refractivity contribution is -0.136. The molecule has 172 valence electrons. The maximum absolute atomic E-state index is 15.2. The minimum Gasteiger partial charge on any atom is -0.489 e. The number of aliphatic carboxylic acids is 1. The van der Waals surface area contributed by atoms with Crippen molar-refractivity contribution in [3.05, 3.63) is 83.2 Å². The molecule has 0 saturated carbocycles. The maximum Gasteiger partial charge on any atom is 0.307 e. The molecule has 0 aliphatic rings. The highest BCUT2D eigenvalue weighted by atomic mass is 19.1. The van der Waals surface area contributed by atoms with Gasteiger partial charge in [-0.15, -0.1) is 0 Å². The van der Waals surface area contributed by atoms with E-state index in [0.29, 0.717) is 39.3 Å². The molecule has 3 N–H and O–H groups in total. The molecule has 3 rings (SSSR count). The second kappa shape index (κ2) is 10.3. The van der Waals surface area contributed by atoms with Gasteiger partial charge in [0.05, 0.1) is 6.42 Å². The van der Waals surface area contributed by atoms with Gasteiger partial charge >= 0.3 is 5.97 Å². The third kappa shape index (κ3) is 5.75. The van der Waals surface area contributed by atoms with E-state index in [1.54, 1.807) is 74.6 Å². The van der Waals surface area contributed by atoms with E-state index in [0.717, 1.165) is 0 Å². The SMILES string of the molecule is CC(=O)N(C)c1cc(COc2ccccc2CC(=O)O)cc(-c2cccc([C@@H](C)N)c2F)c1. The summed E-state index contributed by atoms with van der Waals surface area (Å²) in [6.45, 7) is 3.27. The predicted octanol–water partition coefficient (Wildman–Crippen LogP) is 4.70. The summed E-state index contributed by atoms with van der Waals surface area (Å²) in [6, 6.07) is 16.8. The first kappa shape index (κ1) is 23.9. The Morgan fingerprint density at radius 2 is 1.85 bits per heavy atom. The van der Waals surface area contributed by atoms with Crippen LogP contribution in [0.25, 0.3) is 11.1 Å². The molecule has 7 heteroatoms. The molecule has 0 aromatic heterocycles. The molecule has 0 saturated heterocycles. The van der Waals surface area contributed by atoms with Crippen LogP contribution in [0.15, 0.2) is 60.7 Å². The molecule has 6 nitrogen and oxygen atoms in total. The highest BCUT2D eigenvalue weighted by Crippen LogP contribution is 2.32. The molecular weight excluding hydrogens is 423 g/mol. The normalized spacial score (nSPS) is 11.7. The van der Waals surface area contributed by atoms with E-state index in [9.17, 15) is 9.59 Å². The summed E-state index contributed by atoms with van der Waals surface area (Å²) in [5.74, 6) is -1.08. The molecule has 0 unspecified atom stereocenters. The molecule has 3 aromatic rings.